The molecular weight excluding hydrogens is 1490 g/mol. The number of allylic oxidation sites excluding steroid dienone is 3. The van der Waals surface area contributed by atoms with Gasteiger partial charge in [-0.15, -0.1) is 0 Å². The zero-order valence-corrected chi connectivity index (χ0v) is 65.5. The summed E-state index contributed by atoms with van der Waals surface area (Å²) < 4.78 is 5.56. The van der Waals surface area contributed by atoms with E-state index in [0.717, 1.165) is 38.1 Å². The smallest absolute Gasteiger partial charge is 0.407 e. The summed E-state index contributed by atoms with van der Waals surface area (Å²) >= 11 is 0. The van der Waals surface area contributed by atoms with Crippen molar-refractivity contribution in [2.75, 3.05) is 39.4 Å². The Labute approximate surface area is 665 Å². The SMILES string of the molecule is CC=CC[C@H](NC(=O)[C@H](CC=C(C)C)NC(=O)CNC(=O)OCC1c2ccccc2-c2ccccc21)C(=O)N[C@@H](CO)C(=O)N[C@@H](CC(=O)O)C(=O)N1CCCC1C(=O)N[C@@H](CCCNC(=N)N)C(=O)N[C@@H](CC=C(C)C)C(=O)N[C@@H](C)C(=O)N[C@@H](Cc1cc2ccccc2[nH]1)C(=O)N[C@@H](CCCNC(=N)N)C(=O)N[C@@H](C)C(N)=O. The molecular formula is C78H108N20O17. The number of alkyl carbamates (subject to hydrolysis) is 1. The molecule has 1 aliphatic carbocycles. The summed E-state index contributed by atoms with van der Waals surface area (Å²) in [4.78, 5) is 198. The Balaban J connectivity index is 1.12. The molecule has 2 heterocycles. The summed E-state index contributed by atoms with van der Waals surface area (Å²) in [5, 5.41) is 69.7. The molecule has 115 heavy (non-hydrogen) atoms. The number of primary amides is 1. The van der Waals surface area contributed by atoms with Crippen molar-refractivity contribution in [2.45, 2.75) is 191 Å². The lowest BCUT2D eigenvalue weighted by molar-refractivity contribution is -0.146. The number of rotatable bonds is 44. The Morgan fingerprint density at radius 3 is 1.61 bits per heavy atom. The first-order valence-electron chi connectivity index (χ1n) is 37.8. The van der Waals surface area contributed by atoms with Gasteiger partial charge in [0.2, 0.25) is 70.9 Å². The Morgan fingerprint density at radius 1 is 0.574 bits per heavy atom. The molecule has 0 saturated carbocycles. The Bertz CT molecular complexity index is 4210. The number of aliphatic hydroxyl groups excluding tert-OH is 1. The van der Waals surface area contributed by atoms with Gasteiger partial charge < -0.3 is 111 Å². The van der Waals surface area contributed by atoms with Crippen LogP contribution in [0.3, 0.4) is 0 Å². The highest BCUT2D eigenvalue weighted by Crippen LogP contribution is 2.44. The number of para-hydroxylation sites is 1. The van der Waals surface area contributed by atoms with Crippen molar-refractivity contribution in [3.8, 4) is 11.1 Å². The molecule has 24 N–H and O–H groups in total. The minimum atomic E-state index is -1.94. The van der Waals surface area contributed by atoms with Crippen molar-refractivity contribution in [1.82, 2.24) is 79.0 Å². The van der Waals surface area contributed by atoms with Crippen molar-refractivity contribution in [3.63, 3.8) is 0 Å². The number of ether oxygens (including phenoxy) is 1. The molecule has 4 aromatic rings. The molecule has 0 bridgehead atoms. The third kappa shape index (κ3) is 28.8. The fraction of sp³-hybridized carbons (Fsp3) is 0.462. The molecule has 11 atom stereocenters. The van der Waals surface area contributed by atoms with E-state index in [4.69, 9.17) is 32.8 Å². The largest absolute Gasteiger partial charge is 0.481 e. The average Bonchev–Trinajstić information content (AvgIpc) is 1.62. The molecule has 1 aromatic heterocycles. The molecule has 6 rings (SSSR count). The summed E-state index contributed by atoms with van der Waals surface area (Å²) in [6.07, 6.45) is 3.93. The number of aliphatic hydroxyl groups is 1. The molecule has 37 nitrogen and oxygen atoms in total. The lowest BCUT2D eigenvalue weighted by Crippen LogP contribution is -2.61. The minimum Gasteiger partial charge on any atom is -0.481 e. The molecule has 1 fully saturated rings. The van der Waals surface area contributed by atoms with Crippen LogP contribution in [0.4, 0.5) is 4.79 Å². The number of hydrogen-bond donors (Lipinski definition) is 21. The minimum absolute atomic E-state index is 0.0137. The van der Waals surface area contributed by atoms with Crippen LogP contribution in [-0.4, -0.2) is 221 Å². The van der Waals surface area contributed by atoms with Crippen LogP contribution in [0, 0.1) is 10.8 Å². The van der Waals surface area contributed by atoms with Crippen LogP contribution in [-0.2, 0) is 73.5 Å². The number of nitrogens with one attached hydrogen (secondary N) is 16. The van der Waals surface area contributed by atoms with Crippen LogP contribution in [0.15, 0.2) is 114 Å². The van der Waals surface area contributed by atoms with Crippen molar-refractivity contribution in [3.05, 3.63) is 131 Å². The summed E-state index contributed by atoms with van der Waals surface area (Å²) in [5.74, 6) is -13.8. The Kier molecular flexibility index (Phi) is 35.8. The number of H-pyrrole nitrogens is 1. The number of aromatic nitrogens is 1. The average molecular weight is 1600 g/mol. The quantitative estimate of drug-likeness (QED) is 0.0112. The van der Waals surface area contributed by atoms with E-state index in [1.54, 1.807) is 77.1 Å². The Morgan fingerprint density at radius 2 is 1.05 bits per heavy atom. The second-order valence-electron chi connectivity index (χ2n) is 28.5. The van der Waals surface area contributed by atoms with E-state index in [-0.39, 0.29) is 102 Å². The van der Waals surface area contributed by atoms with Gasteiger partial charge in [0, 0.05) is 43.2 Å². The number of likely N-dealkylation sites (tertiary alicyclic amines) is 1. The summed E-state index contributed by atoms with van der Waals surface area (Å²) in [7, 11) is 0. The highest BCUT2D eigenvalue weighted by atomic mass is 16.5. The van der Waals surface area contributed by atoms with E-state index < -0.39 is 175 Å². The molecule has 1 aliphatic heterocycles. The van der Waals surface area contributed by atoms with Crippen LogP contribution in [0.2, 0.25) is 0 Å². The normalized spacial score (nSPS) is 15.3. The van der Waals surface area contributed by atoms with Gasteiger partial charge in [-0.1, -0.05) is 102 Å². The van der Waals surface area contributed by atoms with Crippen molar-refractivity contribution < 1.29 is 82.1 Å². The number of carbonyl (C=O) groups excluding carboxylic acids is 13. The first kappa shape index (κ1) is 91.2. The number of nitrogens with zero attached hydrogens (tertiary/aromatic N) is 1. The summed E-state index contributed by atoms with van der Waals surface area (Å²) in [6.45, 7) is 9.44. The second-order valence-corrected chi connectivity index (χ2v) is 28.5. The van der Waals surface area contributed by atoms with E-state index in [1.165, 1.54) is 19.9 Å². The highest BCUT2D eigenvalue weighted by molar-refractivity contribution is 6.01. The number of hydrogen-bond acceptors (Lipinski definition) is 18. The highest BCUT2D eigenvalue weighted by Gasteiger charge is 2.42. The van der Waals surface area contributed by atoms with Crippen molar-refractivity contribution in [1.29, 1.82) is 10.8 Å². The van der Waals surface area contributed by atoms with Crippen molar-refractivity contribution >= 4 is 106 Å². The number of carboxylic acid groups (broad SMARTS) is 1. The molecule has 0 spiro atoms. The van der Waals surface area contributed by atoms with Crippen LogP contribution < -0.4 is 86.3 Å². The third-order valence-electron chi connectivity index (χ3n) is 18.8. The van der Waals surface area contributed by atoms with Crippen LogP contribution >= 0.6 is 0 Å². The molecule has 0 radical (unpaired) electrons. The van der Waals surface area contributed by atoms with Gasteiger partial charge in [-0.2, -0.15) is 0 Å². The predicted octanol–water partition coefficient (Wildman–Crippen LogP) is -0.714. The predicted molar refractivity (Wildman–Crippen MR) is 425 cm³/mol. The zero-order valence-electron chi connectivity index (χ0n) is 65.5. The van der Waals surface area contributed by atoms with Gasteiger partial charge in [0.15, 0.2) is 11.9 Å². The summed E-state index contributed by atoms with van der Waals surface area (Å²) in [6, 6.07) is 8.12. The van der Waals surface area contributed by atoms with E-state index >= 15 is 0 Å². The van der Waals surface area contributed by atoms with Gasteiger partial charge in [-0.3, -0.25) is 73.1 Å². The molecule has 622 valence electrons. The number of amides is 13. The van der Waals surface area contributed by atoms with Crippen LogP contribution in [0.5, 0.6) is 0 Å². The number of carbonyl (C=O) groups is 14. The number of aromatic amines is 1. The van der Waals surface area contributed by atoms with E-state index in [0.29, 0.717) is 16.8 Å². The number of nitrogens with two attached hydrogens (primary N) is 3. The third-order valence-corrected chi connectivity index (χ3v) is 18.8. The van der Waals surface area contributed by atoms with E-state index in [2.05, 4.69) is 74.1 Å². The maximum atomic E-state index is 14.6. The maximum absolute atomic E-state index is 14.6. The van der Waals surface area contributed by atoms with Crippen LogP contribution in [0.25, 0.3) is 22.0 Å². The van der Waals surface area contributed by atoms with Crippen molar-refractivity contribution in [2.24, 2.45) is 17.2 Å². The van der Waals surface area contributed by atoms with E-state index in [9.17, 15) is 77.3 Å². The van der Waals surface area contributed by atoms with Gasteiger partial charge >= 0.3 is 12.1 Å². The number of benzene rings is 3. The second kappa shape index (κ2) is 45.1. The van der Waals surface area contributed by atoms with Crippen LogP contribution in [0.1, 0.15) is 135 Å². The monoisotopic (exact) mass is 1600 g/mol. The fourth-order valence-corrected chi connectivity index (χ4v) is 12.8. The zero-order chi connectivity index (χ0) is 84.6. The Hall–Kier alpha value is -12.7. The molecule has 3 aromatic carbocycles. The topological polar surface area (TPSA) is 590 Å². The lowest BCUT2D eigenvalue weighted by atomic mass is 9.98. The number of carboxylic acids is 1. The molecule has 2 aliphatic rings. The maximum Gasteiger partial charge on any atom is 0.407 e. The molecule has 13 amide bonds. The molecule has 37 heteroatoms. The van der Waals surface area contributed by atoms with Gasteiger partial charge in [-0.25, -0.2) is 4.79 Å². The standard InChI is InChI=1S/C78H108N20O17/c1-8-9-24-54(91-71(109)57(31-29-42(2)3)90-63(100)39-86-78(114)115-41-52-50-22-13-11-20-48(50)49-21-12-14-23-51(49)52)70(108)97-61(40-99)73(111)96-60(38-64(101)102)75(113)98-35-18-28-62(98)74(112)94-56(27-17-34-85-77(82)83)69(107)93-58(32-30-43(4)5)68(106)88-45(7)66(104)95-59(37-47-36-46-19-10-15-25-53(46)89-47)72(110)92-55(26-16-33-84-76(80)81)67(105)87-44(6)65(79)103/h8-15,19-23,25,29-30,36,44-45,52,54-62,89,99H,16-18,24,26-28,31-35,37-41H2,1-7H3,(H2,79,103)(H,86,114)(H,87,105)(H,88,106)(H,90,100)(H,91,109)(H,92,110)(H,93,107)(H,94,112)(H,95,104)(H,96,111)(H,97,108)(H,101,102)(H4,80,81,84)(H4,82,83,85)/t44-,45-,54-,55-,56-,57-,58-,59-,60-,61-,62?/m0/s1. The van der Waals surface area contributed by atoms with Gasteiger partial charge in [0.1, 0.15) is 79.6 Å². The van der Waals surface area contributed by atoms with Gasteiger partial charge in [0.05, 0.1) is 13.0 Å². The first-order valence-corrected chi connectivity index (χ1v) is 37.8. The number of aliphatic carboxylic acids is 1. The first-order chi connectivity index (χ1) is 54.7. The number of fused-ring (bicyclic) bond motifs is 4. The van der Waals surface area contributed by atoms with E-state index in [1.807, 2.05) is 54.6 Å². The van der Waals surface area contributed by atoms with Gasteiger partial charge in [-0.05, 0) is 146 Å². The van der Waals surface area contributed by atoms with Gasteiger partial charge in [0.25, 0.3) is 0 Å². The molecule has 1 unspecified atom stereocenters. The number of guanidine groups is 2. The summed E-state index contributed by atoms with van der Waals surface area (Å²) in [5.41, 5.74) is 23.0. The molecule has 1 saturated heterocycles. The fourth-order valence-electron chi connectivity index (χ4n) is 12.8. The lowest BCUT2D eigenvalue weighted by Gasteiger charge is -2.30.